The predicted octanol–water partition coefficient (Wildman–Crippen LogP) is 3.89. The van der Waals surface area contributed by atoms with Gasteiger partial charge in [-0.3, -0.25) is 0 Å². The Morgan fingerprint density at radius 1 is 1.37 bits per heavy atom. The summed E-state index contributed by atoms with van der Waals surface area (Å²) in [5.41, 5.74) is 5.84. The van der Waals surface area contributed by atoms with Crippen molar-refractivity contribution < 1.29 is 4.74 Å². The van der Waals surface area contributed by atoms with Crippen molar-refractivity contribution >= 4 is 22.4 Å². The molecule has 1 aromatic rings. The van der Waals surface area contributed by atoms with Crippen LogP contribution >= 0.6 is 11.5 Å². The Morgan fingerprint density at radius 3 is 2.79 bits per heavy atom. The first-order chi connectivity index (χ1) is 9.16. The minimum Gasteiger partial charge on any atom is -0.484 e. The molecule has 2 rings (SSSR count). The van der Waals surface area contributed by atoms with Crippen molar-refractivity contribution in [1.82, 2.24) is 4.37 Å². The third kappa shape index (κ3) is 4.27. The molecule has 19 heavy (non-hydrogen) atoms. The minimum atomic E-state index is 0.123. The molecular formula is C14H25N3OS. The first-order valence-corrected chi connectivity index (χ1v) is 8.10. The number of nitrogen functional groups attached to an aromatic ring is 1. The van der Waals surface area contributed by atoms with Gasteiger partial charge in [0.15, 0.2) is 16.6 Å². The highest BCUT2D eigenvalue weighted by molar-refractivity contribution is 7.11. The molecule has 0 unspecified atom stereocenters. The van der Waals surface area contributed by atoms with Crippen LogP contribution in [0.25, 0.3) is 0 Å². The fraction of sp³-hybridized carbons (Fsp3) is 0.786. The van der Waals surface area contributed by atoms with Crippen molar-refractivity contribution in [2.45, 2.75) is 58.5 Å². The monoisotopic (exact) mass is 283 g/mol. The molecule has 0 amide bonds. The third-order valence-corrected chi connectivity index (χ3v) is 4.39. The Hall–Kier alpha value is -0.970. The molecule has 1 aliphatic carbocycles. The van der Waals surface area contributed by atoms with E-state index in [4.69, 9.17) is 10.5 Å². The zero-order valence-electron chi connectivity index (χ0n) is 11.9. The normalized spacial score (nSPS) is 16.8. The van der Waals surface area contributed by atoms with Crippen LogP contribution in [0.2, 0.25) is 0 Å². The van der Waals surface area contributed by atoms with Crippen molar-refractivity contribution in [3.05, 3.63) is 0 Å². The number of hydrogen-bond donors (Lipinski definition) is 2. The van der Waals surface area contributed by atoms with Crippen LogP contribution in [0.15, 0.2) is 0 Å². The first kappa shape index (κ1) is 14.4. The van der Waals surface area contributed by atoms with Crippen molar-refractivity contribution in [1.29, 1.82) is 0 Å². The SMILES string of the molecule is CC(C)Oc1c(N)nsc1NCCC1CCCCC1. The second-order valence-electron chi connectivity index (χ2n) is 5.61. The maximum absolute atomic E-state index is 5.84. The number of aromatic nitrogens is 1. The Kier molecular flexibility index (Phi) is 5.31. The van der Waals surface area contributed by atoms with E-state index >= 15 is 0 Å². The molecule has 0 aromatic carbocycles. The lowest BCUT2D eigenvalue weighted by Crippen LogP contribution is -2.13. The van der Waals surface area contributed by atoms with Crippen LogP contribution in [0.3, 0.4) is 0 Å². The number of nitrogens with one attached hydrogen (secondary N) is 1. The van der Waals surface area contributed by atoms with Crippen LogP contribution in [-0.4, -0.2) is 17.0 Å². The molecular weight excluding hydrogens is 258 g/mol. The van der Waals surface area contributed by atoms with E-state index in [0.29, 0.717) is 5.82 Å². The second kappa shape index (κ2) is 6.98. The lowest BCUT2D eigenvalue weighted by atomic mass is 9.87. The van der Waals surface area contributed by atoms with Gasteiger partial charge in [-0.1, -0.05) is 32.1 Å². The third-order valence-electron chi connectivity index (χ3n) is 3.59. The van der Waals surface area contributed by atoms with E-state index in [2.05, 4.69) is 9.69 Å². The quantitative estimate of drug-likeness (QED) is 0.831. The molecule has 4 nitrogen and oxygen atoms in total. The maximum Gasteiger partial charge on any atom is 0.197 e. The van der Waals surface area contributed by atoms with E-state index in [1.807, 2.05) is 13.8 Å². The molecule has 1 fully saturated rings. The van der Waals surface area contributed by atoms with Crippen LogP contribution < -0.4 is 15.8 Å². The highest BCUT2D eigenvalue weighted by atomic mass is 32.1. The van der Waals surface area contributed by atoms with Gasteiger partial charge >= 0.3 is 0 Å². The average Bonchev–Trinajstić information content (AvgIpc) is 2.72. The molecule has 0 saturated heterocycles. The Morgan fingerprint density at radius 2 is 2.11 bits per heavy atom. The highest BCUT2D eigenvalue weighted by Gasteiger charge is 2.16. The molecule has 108 valence electrons. The van der Waals surface area contributed by atoms with Gasteiger partial charge in [-0.05, 0) is 37.7 Å². The zero-order valence-corrected chi connectivity index (χ0v) is 12.8. The average molecular weight is 283 g/mol. The van der Waals surface area contributed by atoms with Gasteiger partial charge in [-0.25, -0.2) is 0 Å². The molecule has 0 spiro atoms. The summed E-state index contributed by atoms with van der Waals surface area (Å²) in [6.07, 6.45) is 8.36. The molecule has 1 saturated carbocycles. The van der Waals surface area contributed by atoms with Gasteiger partial charge in [0.25, 0.3) is 0 Å². The molecule has 1 aromatic heterocycles. The smallest absolute Gasteiger partial charge is 0.197 e. The Balaban J connectivity index is 1.81. The van der Waals surface area contributed by atoms with E-state index < -0.39 is 0 Å². The van der Waals surface area contributed by atoms with Gasteiger partial charge < -0.3 is 15.8 Å². The number of nitrogens with two attached hydrogens (primary N) is 1. The summed E-state index contributed by atoms with van der Waals surface area (Å²) in [6, 6.07) is 0. The molecule has 0 atom stereocenters. The first-order valence-electron chi connectivity index (χ1n) is 7.32. The zero-order chi connectivity index (χ0) is 13.7. The standard InChI is InChI=1S/C14H25N3OS/c1-10(2)18-12-13(15)17-19-14(12)16-9-8-11-6-4-3-5-7-11/h10-11,16H,3-9H2,1-2H3,(H2,15,17). The largest absolute Gasteiger partial charge is 0.484 e. The number of anilines is 2. The molecule has 1 aliphatic rings. The van der Waals surface area contributed by atoms with Crippen LogP contribution in [0.5, 0.6) is 5.75 Å². The van der Waals surface area contributed by atoms with Gasteiger partial charge in [0.05, 0.1) is 6.10 Å². The molecule has 0 aliphatic heterocycles. The molecule has 1 heterocycles. The van der Waals surface area contributed by atoms with Crippen LogP contribution in [0.1, 0.15) is 52.4 Å². The van der Waals surface area contributed by atoms with Gasteiger partial charge in [-0.15, -0.1) is 0 Å². The van der Waals surface area contributed by atoms with Crippen LogP contribution in [0.4, 0.5) is 10.8 Å². The van der Waals surface area contributed by atoms with E-state index in [-0.39, 0.29) is 6.10 Å². The number of hydrogen-bond acceptors (Lipinski definition) is 5. The summed E-state index contributed by atoms with van der Waals surface area (Å²) in [4.78, 5) is 0. The summed E-state index contributed by atoms with van der Waals surface area (Å²) >= 11 is 1.39. The second-order valence-corrected chi connectivity index (χ2v) is 6.39. The summed E-state index contributed by atoms with van der Waals surface area (Å²) in [7, 11) is 0. The number of ether oxygens (including phenoxy) is 1. The fourth-order valence-electron chi connectivity index (χ4n) is 2.62. The molecule has 0 radical (unpaired) electrons. The van der Waals surface area contributed by atoms with Gasteiger partial charge in [0.2, 0.25) is 0 Å². The highest BCUT2D eigenvalue weighted by Crippen LogP contribution is 2.36. The van der Waals surface area contributed by atoms with Gasteiger partial charge in [0, 0.05) is 6.54 Å². The predicted molar refractivity (Wildman–Crippen MR) is 82.0 cm³/mol. The Labute approximate surface area is 119 Å². The molecule has 3 N–H and O–H groups in total. The summed E-state index contributed by atoms with van der Waals surface area (Å²) < 4.78 is 9.89. The van der Waals surface area contributed by atoms with Gasteiger partial charge in [0.1, 0.15) is 0 Å². The van der Waals surface area contributed by atoms with E-state index in [1.54, 1.807) is 0 Å². The maximum atomic E-state index is 5.84. The number of rotatable bonds is 6. The minimum absolute atomic E-state index is 0.123. The Bertz CT molecular complexity index is 386. The lowest BCUT2D eigenvalue weighted by Gasteiger charge is -2.21. The fourth-order valence-corrected chi connectivity index (χ4v) is 3.30. The van der Waals surface area contributed by atoms with Crippen molar-refractivity contribution in [3.63, 3.8) is 0 Å². The molecule has 5 heteroatoms. The van der Waals surface area contributed by atoms with E-state index in [9.17, 15) is 0 Å². The van der Waals surface area contributed by atoms with Gasteiger partial charge in [-0.2, -0.15) is 4.37 Å². The summed E-state index contributed by atoms with van der Waals surface area (Å²) in [5.74, 6) is 2.11. The lowest BCUT2D eigenvalue weighted by molar-refractivity contribution is 0.245. The number of nitrogens with zero attached hydrogens (tertiary/aromatic N) is 1. The van der Waals surface area contributed by atoms with Crippen molar-refractivity contribution in [2.24, 2.45) is 5.92 Å². The summed E-state index contributed by atoms with van der Waals surface area (Å²) in [5, 5.41) is 4.41. The van der Waals surface area contributed by atoms with Crippen molar-refractivity contribution in [3.8, 4) is 5.75 Å². The molecule has 0 bridgehead atoms. The van der Waals surface area contributed by atoms with Crippen molar-refractivity contribution in [2.75, 3.05) is 17.6 Å². The van der Waals surface area contributed by atoms with E-state index in [0.717, 1.165) is 23.2 Å². The topological polar surface area (TPSA) is 60.2 Å². The van der Waals surface area contributed by atoms with Crippen LogP contribution in [-0.2, 0) is 0 Å². The van der Waals surface area contributed by atoms with Crippen LogP contribution in [0, 0.1) is 5.92 Å². The van der Waals surface area contributed by atoms with E-state index in [1.165, 1.54) is 50.1 Å². The summed E-state index contributed by atoms with van der Waals surface area (Å²) in [6.45, 7) is 4.99.